The summed E-state index contributed by atoms with van der Waals surface area (Å²) in [4.78, 5) is 15.8. The highest BCUT2D eigenvalue weighted by Crippen LogP contribution is 2.26. The lowest BCUT2D eigenvalue weighted by atomic mass is 9.98. The van der Waals surface area contributed by atoms with Crippen LogP contribution in [0, 0.1) is 11.3 Å². The van der Waals surface area contributed by atoms with Crippen LogP contribution >= 0.6 is 12.4 Å². The number of aliphatic imine (C=N–C) groups is 1. The standard InChI is InChI=1S/C15H23N5O3.CH4O3S.ClH/c1-22-11-4-2-3-5-12(11)23-13(21)7-6-10(14(16)17)8-9-20-15(18)19;1-5(2,3)4;/h2-5,10H,6-9H2,1H3,(H3,16,17)(H4,18,19,20);1H3,(H,2,3,4);1H/p-1. The molecule has 0 aliphatic rings. The number of amidine groups is 1. The fraction of sp³-hybridized carbons (Fsp3) is 0.438. The molecule has 1 aromatic rings. The maximum atomic E-state index is 11.9. The first-order valence-electron chi connectivity index (χ1n) is 8.07. The van der Waals surface area contributed by atoms with Crippen molar-refractivity contribution >= 4 is 40.3 Å². The fourth-order valence-electron chi connectivity index (χ4n) is 1.97. The first-order chi connectivity index (χ1) is 12.9. The molecule has 0 saturated carbocycles. The predicted molar refractivity (Wildman–Crippen MR) is 111 cm³/mol. The van der Waals surface area contributed by atoms with Gasteiger partial charge in [-0.25, -0.2) is 8.42 Å². The SMILES string of the molecule is COc1ccccc1OC(=O)CCC(CCN=C(N)N)C(=N)N.CS(=O)(=O)[O-].Cl. The maximum absolute atomic E-state index is 11.9. The van der Waals surface area contributed by atoms with Crippen molar-refractivity contribution in [3.05, 3.63) is 24.3 Å². The molecule has 1 aromatic carbocycles. The molecule has 0 bridgehead atoms. The summed E-state index contributed by atoms with van der Waals surface area (Å²) >= 11 is 0. The Morgan fingerprint density at radius 2 is 1.72 bits per heavy atom. The van der Waals surface area contributed by atoms with E-state index in [1.165, 1.54) is 7.11 Å². The van der Waals surface area contributed by atoms with Crippen molar-refractivity contribution in [3.8, 4) is 11.5 Å². The minimum atomic E-state index is -3.92. The molecule has 0 fully saturated rings. The van der Waals surface area contributed by atoms with Gasteiger partial charge in [0.05, 0.1) is 23.1 Å². The number of para-hydroxylation sites is 2. The van der Waals surface area contributed by atoms with Gasteiger partial charge in [0.2, 0.25) is 0 Å². The Morgan fingerprint density at radius 3 is 2.17 bits per heavy atom. The van der Waals surface area contributed by atoms with E-state index in [-0.39, 0.29) is 36.5 Å². The Kier molecular flexibility index (Phi) is 14.3. The second-order valence-electron chi connectivity index (χ2n) is 5.62. The third-order valence-electron chi connectivity index (χ3n) is 3.20. The van der Waals surface area contributed by atoms with Gasteiger partial charge in [-0.15, -0.1) is 12.4 Å². The summed E-state index contributed by atoms with van der Waals surface area (Å²) in [7, 11) is -2.41. The predicted octanol–water partition coefficient (Wildman–Crippen LogP) is 0.180. The lowest BCUT2D eigenvalue weighted by molar-refractivity contribution is -0.134. The van der Waals surface area contributed by atoms with Crippen LogP contribution in [0.2, 0.25) is 0 Å². The van der Waals surface area contributed by atoms with Gasteiger partial charge in [-0.05, 0) is 25.0 Å². The highest BCUT2D eigenvalue weighted by molar-refractivity contribution is 7.84. The minimum Gasteiger partial charge on any atom is -0.748 e. The molecule has 0 amide bonds. The van der Waals surface area contributed by atoms with Gasteiger partial charge in [0.1, 0.15) is 0 Å². The van der Waals surface area contributed by atoms with Crippen molar-refractivity contribution in [1.29, 1.82) is 5.41 Å². The number of guanidine groups is 1. The quantitative estimate of drug-likeness (QED) is 0.132. The molecule has 0 heterocycles. The number of carbonyl (C=O) groups is 1. The molecule has 0 aromatic heterocycles. The van der Waals surface area contributed by atoms with E-state index in [0.717, 1.165) is 0 Å². The van der Waals surface area contributed by atoms with Crippen LogP contribution in [0.15, 0.2) is 29.3 Å². The molecule has 1 unspecified atom stereocenters. The van der Waals surface area contributed by atoms with Crippen LogP contribution in [0.25, 0.3) is 0 Å². The molecule has 1 atom stereocenters. The highest BCUT2D eigenvalue weighted by atomic mass is 35.5. The Labute approximate surface area is 176 Å². The van der Waals surface area contributed by atoms with Gasteiger partial charge < -0.3 is 31.2 Å². The summed E-state index contributed by atoms with van der Waals surface area (Å²) in [6, 6.07) is 6.89. The van der Waals surface area contributed by atoms with Gasteiger partial charge >= 0.3 is 5.97 Å². The maximum Gasteiger partial charge on any atom is 0.311 e. The van der Waals surface area contributed by atoms with Crippen LogP contribution in [0.3, 0.4) is 0 Å². The normalized spacial score (nSPS) is 11.0. The average molecular weight is 453 g/mol. The van der Waals surface area contributed by atoms with E-state index in [9.17, 15) is 4.79 Å². The monoisotopic (exact) mass is 452 g/mol. The topological polar surface area (TPSA) is 207 Å². The number of benzene rings is 1. The van der Waals surface area contributed by atoms with Crippen molar-refractivity contribution in [3.63, 3.8) is 0 Å². The lowest BCUT2D eigenvalue weighted by Gasteiger charge is -2.14. The zero-order chi connectivity index (χ0) is 21.7. The summed E-state index contributed by atoms with van der Waals surface area (Å²) < 4.78 is 37.6. The Morgan fingerprint density at radius 1 is 1.21 bits per heavy atom. The van der Waals surface area contributed by atoms with Crippen LogP contribution in [0.4, 0.5) is 0 Å². The third-order valence-corrected chi connectivity index (χ3v) is 3.20. The molecule has 0 saturated heterocycles. The molecule has 7 N–H and O–H groups in total. The zero-order valence-electron chi connectivity index (χ0n) is 16.2. The number of ether oxygens (including phenoxy) is 2. The van der Waals surface area contributed by atoms with Crippen molar-refractivity contribution < 1.29 is 27.2 Å². The number of esters is 1. The molecule has 29 heavy (non-hydrogen) atoms. The van der Waals surface area contributed by atoms with E-state index in [0.29, 0.717) is 37.1 Å². The Bertz CT molecular complexity index is 776. The first kappa shape index (κ1) is 28.6. The van der Waals surface area contributed by atoms with E-state index in [1.54, 1.807) is 24.3 Å². The fourth-order valence-corrected chi connectivity index (χ4v) is 1.97. The van der Waals surface area contributed by atoms with Crippen molar-refractivity contribution in [2.24, 2.45) is 28.1 Å². The number of methoxy groups -OCH3 is 1. The van der Waals surface area contributed by atoms with Crippen LogP contribution in [-0.4, -0.2) is 50.6 Å². The summed E-state index contributed by atoms with van der Waals surface area (Å²) in [5.74, 6) is 0.145. The van der Waals surface area contributed by atoms with Gasteiger partial charge in [-0.3, -0.25) is 15.2 Å². The summed E-state index contributed by atoms with van der Waals surface area (Å²) in [6.07, 6.45) is 1.62. The van der Waals surface area contributed by atoms with Gasteiger partial charge in [-0.1, -0.05) is 12.1 Å². The number of carbonyl (C=O) groups excluding carboxylic acids is 1. The number of nitrogens with two attached hydrogens (primary N) is 3. The van der Waals surface area contributed by atoms with Gasteiger partial charge in [0, 0.05) is 25.1 Å². The number of nitrogens with zero attached hydrogens (tertiary/aromatic N) is 1. The van der Waals surface area contributed by atoms with Gasteiger partial charge in [-0.2, -0.15) is 0 Å². The molecule has 166 valence electrons. The molecule has 0 aliphatic heterocycles. The van der Waals surface area contributed by atoms with Crippen molar-refractivity contribution in [2.75, 3.05) is 19.9 Å². The molecule has 1 rings (SSSR count). The minimum absolute atomic E-state index is 0. The Hall–Kier alpha value is -2.57. The largest absolute Gasteiger partial charge is 0.748 e. The number of halogens is 1. The number of hydrogen-bond acceptors (Lipinski definition) is 8. The van der Waals surface area contributed by atoms with Crippen LogP contribution in [-0.2, 0) is 14.9 Å². The van der Waals surface area contributed by atoms with Gasteiger partial charge in [0.25, 0.3) is 0 Å². The summed E-state index contributed by atoms with van der Waals surface area (Å²) in [5, 5.41) is 7.56. The average Bonchev–Trinajstić information content (AvgIpc) is 2.56. The summed E-state index contributed by atoms with van der Waals surface area (Å²) in [6.45, 7) is 0.355. The third kappa shape index (κ3) is 16.1. The molecule has 13 heteroatoms. The first-order valence-corrected chi connectivity index (χ1v) is 9.89. The molecule has 0 aliphatic carbocycles. The van der Waals surface area contributed by atoms with Crippen LogP contribution in [0.5, 0.6) is 11.5 Å². The number of nitrogens with one attached hydrogen (secondary N) is 1. The van der Waals surface area contributed by atoms with Crippen molar-refractivity contribution in [2.45, 2.75) is 19.3 Å². The lowest BCUT2D eigenvalue weighted by Crippen LogP contribution is -2.26. The second kappa shape index (κ2) is 14.4. The number of hydrogen-bond donors (Lipinski definition) is 4. The number of rotatable bonds is 9. The molecule has 11 nitrogen and oxygen atoms in total. The molecule has 0 spiro atoms. The molecular weight excluding hydrogens is 426 g/mol. The Balaban J connectivity index is 0. The molecule has 0 radical (unpaired) electrons. The highest BCUT2D eigenvalue weighted by Gasteiger charge is 2.16. The van der Waals surface area contributed by atoms with Gasteiger partial charge in [0.15, 0.2) is 17.5 Å². The summed E-state index contributed by atoms with van der Waals surface area (Å²) in [5.41, 5.74) is 16.0. The van der Waals surface area contributed by atoms with Crippen molar-refractivity contribution in [1.82, 2.24) is 0 Å². The van der Waals surface area contributed by atoms with E-state index in [2.05, 4.69) is 4.99 Å². The van der Waals surface area contributed by atoms with E-state index in [1.807, 2.05) is 0 Å². The smallest absolute Gasteiger partial charge is 0.311 e. The second-order valence-corrected chi connectivity index (χ2v) is 7.02. The van der Waals surface area contributed by atoms with Crippen LogP contribution < -0.4 is 26.7 Å². The van der Waals surface area contributed by atoms with E-state index < -0.39 is 16.1 Å². The molecular formula is C16H27ClN5O6S-. The van der Waals surface area contributed by atoms with E-state index >= 15 is 0 Å². The van der Waals surface area contributed by atoms with E-state index in [4.69, 9.17) is 45.1 Å². The van der Waals surface area contributed by atoms with Crippen LogP contribution in [0.1, 0.15) is 19.3 Å². The zero-order valence-corrected chi connectivity index (χ0v) is 17.8.